The van der Waals surface area contributed by atoms with Crippen LogP contribution in [-0.2, 0) is 16.2 Å². The summed E-state index contributed by atoms with van der Waals surface area (Å²) in [7, 11) is -2.38. The van der Waals surface area contributed by atoms with Crippen molar-refractivity contribution in [3.8, 4) is 5.75 Å². The molecule has 0 spiro atoms. The van der Waals surface area contributed by atoms with E-state index in [1.165, 1.54) is 23.9 Å². The number of hydrogen-bond donors (Lipinski definition) is 1. The molecule has 1 aliphatic heterocycles. The number of rotatable bonds is 7. The smallest absolute Gasteiger partial charge is 0.419 e. The van der Waals surface area contributed by atoms with Gasteiger partial charge in [-0.1, -0.05) is 46.6 Å². The normalized spacial score (nSPS) is 16.7. The van der Waals surface area contributed by atoms with Gasteiger partial charge in [0, 0.05) is 39.0 Å². The molecule has 3 aromatic carbocycles. The zero-order valence-electron chi connectivity index (χ0n) is 19.2. The van der Waals surface area contributed by atoms with Crippen LogP contribution in [0, 0.1) is 0 Å². The molecule has 0 saturated carbocycles. The van der Waals surface area contributed by atoms with Gasteiger partial charge < -0.3 is 9.64 Å². The Morgan fingerprint density at radius 3 is 2.30 bits per heavy atom. The third kappa shape index (κ3) is 7.19. The van der Waals surface area contributed by atoms with Crippen LogP contribution in [0.1, 0.15) is 12.0 Å². The second kappa shape index (κ2) is 11.1. The van der Waals surface area contributed by atoms with Crippen LogP contribution in [0.5, 0.6) is 5.75 Å². The van der Waals surface area contributed by atoms with Crippen molar-refractivity contribution < 1.29 is 26.3 Å². The Balaban J connectivity index is 1.57. The molecule has 1 atom stereocenters. The van der Waals surface area contributed by atoms with Crippen molar-refractivity contribution in [1.29, 1.82) is 0 Å². The molecule has 198 valence electrons. The number of alkyl halides is 3. The number of likely N-dealkylation sites (tertiary alicyclic amines) is 1. The maximum Gasteiger partial charge on any atom is 0.419 e. The second-order valence-electron chi connectivity index (χ2n) is 8.40. The van der Waals surface area contributed by atoms with E-state index >= 15 is 0 Å². The lowest BCUT2D eigenvalue weighted by atomic mass is 10.1. The van der Waals surface area contributed by atoms with E-state index in [2.05, 4.69) is 4.72 Å². The molecule has 5 nitrogen and oxygen atoms in total. The molecule has 1 aliphatic rings. The molecule has 0 radical (unpaired) electrons. The fourth-order valence-corrected chi connectivity index (χ4v) is 7.06. The molecule has 13 heteroatoms. The molecule has 1 N–H and O–H groups in total. The third-order valence-corrected chi connectivity index (χ3v) is 8.71. The molecular weight excluding hydrogens is 592 g/mol. The first-order chi connectivity index (χ1) is 17.3. The van der Waals surface area contributed by atoms with Crippen molar-refractivity contribution in [3.05, 3.63) is 75.2 Å². The van der Waals surface area contributed by atoms with Gasteiger partial charge in [-0.15, -0.1) is 0 Å². The molecule has 0 unspecified atom stereocenters. The minimum atomic E-state index is -4.67. The molecule has 4 rings (SSSR count). The number of ether oxygens (including phenoxy) is 1. The highest BCUT2D eigenvalue weighted by Crippen LogP contribution is 2.40. The van der Waals surface area contributed by atoms with Crippen LogP contribution in [0.2, 0.25) is 15.1 Å². The third-order valence-electron chi connectivity index (χ3n) is 5.45. The van der Waals surface area contributed by atoms with Gasteiger partial charge in [0.15, 0.2) is 0 Å². The van der Waals surface area contributed by atoms with Crippen LogP contribution in [-0.4, -0.2) is 39.6 Å². The predicted molar refractivity (Wildman–Crippen MR) is 141 cm³/mol. The molecule has 1 fully saturated rings. The van der Waals surface area contributed by atoms with Crippen LogP contribution in [0.15, 0.2) is 69.3 Å². The van der Waals surface area contributed by atoms with Gasteiger partial charge in [-0.2, -0.15) is 13.2 Å². The van der Waals surface area contributed by atoms with Crippen LogP contribution in [0.25, 0.3) is 0 Å². The standard InChI is InChI=1S/C24H20Cl3F3N2O3S2/c1-32-7-6-17(13-32)35-22-11-16(2-4-20(22)24(28,29)30)31-37(33,34)23-5-3-18(12-21(23)27)36-19-9-14(25)8-15(26)10-19/h2-5,8-12,17,31H,6-7,13H2,1H3/t17-/m1/s1. The number of hydrogen-bond acceptors (Lipinski definition) is 5. The van der Waals surface area contributed by atoms with E-state index in [4.69, 9.17) is 39.5 Å². The number of nitrogens with zero attached hydrogens (tertiary/aromatic N) is 1. The molecule has 0 aliphatic carbocycles. The van der Waals surface area contributed by atoms with Crippen LogP contribution >= 0.6 is 46.6 Å². The first-order valence-corrected chi connectivity index (χ1v) is 14.3. The summed E-state index contributed by atoms with van der Waals surface area (Å²) in [6.07, 6.45) is -4.54. The lowest BCUT2D eigenvalue weighted by molar-refractivity contribution is -0.139. The molecule has 1 heterocycles. The largest absolute Gasteiger partial charge is 0.488 e. The first kappa shape index (κ1) is 28.2. The highest BCUT2D eigenvalue weighted by atomic mass is 35.5. The molecular formula is C24H20Cl3F3N2O3S2. The topological polar surface area (TPSA) is 58.6 Å². The average molecular weight is 612 g/mol. The average Bonchev–Trinajstić information content (AvgIpc) is 3.16. The Hall–Kier alpha value is -1.82. The number of nitrogens with one attached hydrogen (secondary N) is 1. The lowest BCUT2D eigenvalue weighted by Gasteiger charge is -2.19. The summed E-state index contributed by atoms with van der Waals surface area (Å²) in [6.45, 7) is 1.16. The van der Waals surface area contributed by atoms with E-state index in [0.29, 0.717) is 34.5 Å². The number of halogens is 6. The van der Waals surface area contributed by atoms with Gasteiger partial charge in [-0.3, -0.25) is 4.72 Å². The Morgan fingerprint density at radius 1 is 1.00 bits per heavy atom. The number of anilines is 1. The molecule has 0 amide bonds. The highest BCUT2D eigenvalue weighted by molar-refractivity contribution is 7.99. The van der Waals surface area contributed by atoms with E-state index in [1.54, 1.807) is 24.3 Å². The van der Waals surface area contributed by atoms with E-state index < -0.39 is 33.6 Å². The van der Waals surface area contributed by atoms with Gasteiger partial charge in [0.1, 0.15) is 16.7 Å². The maximum atomic E-state index is 13.6. The van der Waals surface area contributed by atoms with Gasteiger partial charge in [0.25, 0.3) is 10.0 Å². The second-order valence-corrected chi connectivity index (χ2v) is 12.5. The minimum Gasteiger partial charge on any atom is -0.488 e. The van der Waals surface area contributed by atoms with Crippen LogP contribution in [0.3, 0.4) is 0 Å². The monoisotopic (exact) mass is 610 g/mol. The van der Waals surface area contributed by atoms with Crippen LogP contribution < -0.4 is 9.46 Å². The van der Waals surface area contributed by atoms with E-state index in [-0.39, 0.29) is 15.6 Å². The minimum absolute atomic E-state index is 0.0667. The zero-order valence-corrected chi connectivity index (χ0v) is 23.1. The quantitative estimate of drug-likeness (QED) is 0.297. The van der Waals surface area contributed by atoms with Crippen LogP contribution in [0.4, 0.5) is 18.9 Å². The van der Waals surface area contributed by atoms with Gasteiger partial charge >= 0.3 is 6.18 Å². The number of benzene rings is 3. The lowest BCUT2D eigenvalue weighted by Crippen LogP contribution is -2.23. The Bertz CT molecular complexity index is 1400. The summed E-state index contributed by atoms with van der Waals surface area (Å²) >= 11 is 19.6. The van der Waals surface area contributed by atoms with E-state index in [9.17, 15) is 21.6 Å². The summed E-state index contributed by atoms with van der Waals surface area (Å²) in [6, 6.07) is 12.2. The van der Waals surface area contributed by atoms with E-state index in [1.807, 2.05) is 11.9 Å². The summed E-state index contributed by atoms with van der Waals surface area (Å²) in [5.41, 5.74) is -1.07. The molecule has 37 heavy (non-hydrogen) atoms. The van der Waals surface area contributed by atoms with Gasteiger partial charge in [-0.25, -0.2) is 8.42 Å². The summed E-state index contributed by atoms with van der Waals surface area (Å²) in [4.78, 5) is 3.07. The molecule has 3 aromatic rings. The molecule has 0 aromatic heterocycles. The maximum absolute atomic E-state index is 13.6. The van der Waals surface area contributed by atoms with Gasteiger partial charge in [0.05, 0.1) is 16.3 Å². The summed E-state index contributed by atoms with van der Waals surface area (Å²) in [5, 5.41) is 0.830. The summed E-state index contributed by atoms with van der Waals surface area (Å²) in [5.74, 6) is -0.439. The Morgan fingerprint density at radius 2 is 1.70 bits per heavy atom. The van der Waals surface area contributed by atoms with E-state index in [0.717, 1.165) is 23.1 Å². The van der Waals surface area contributed by atoms with Crippen molar-refractivity contribution in [1.82, 2.24) is 4.90 Å². The van der Waals surface area contributed by atoms with Crippen molar-refractivity contribution in [2.45, 2.75) is 33.4 Å². The predicted octanol–water partition coefficient (Wildman–Crippen LogP) is 7.70. The highest BCUT2D eigenvalue weighted by Gasteiger charge is 2.36. The number of sulfonamides is 1. The zero-order chi connectivity index (χ0) is 27.0. The summed E-state index contributed by atoms with van der Waals surface area (Å²) < 4.78 is 74.7. The fraction of sp³-hybridized carbons (Fsp3) is 0.250. The molecule has 1 saturated heterocycles. The Labute approximate surface area is 231 Å². The SMILES string of the molecule is CN1CC[C@@H](Oc2cc(NS(=O)(=O)c3ccc(Sc4cc(Cl)cc(Cl)c4)cc3Cl)ccc2C(F)(F)F)C1. The van der Waals surface area contributed by atoms with Crippen molar-refractivity contribution in [2.24, 2.45) is 0 Å². The van der Waals surface area contributed by atoms with Crippen molar-refractivity contribution in [3.63, 3.8) is 0 Å². The van der Waals surface area contributed by atoms with Crippen molar-refractivity contribution in [2.75, 3.05) is 24.9 Å². The fourth-order valence-electron chi connectivity index (χ4n) is 3.78. The van der Waals surface area contributed by atoms with Gasteiger partial charge in [-0.05, 0) is 62.0 Å². The molecule has 0 bridgehead atoms. The van der Waals surface area contributed by atoms with Gasteiger partial charge in [0.2, 0.25) is 0 Å². The Kier molecular flexibility index (Phi) is 8.47. The number of likely N-dealkylation sites (N-methyl/N-ethyl adjacent to an activating group) is 1. The van der Waals surface area contributed by atoms with Crippen molar-refractivity contribution >= 4 is 62.3 Å². The first-order valence-electron chi connectivity index (χ1n) is 10.8.